The Kier molecular flexibility index (Phi) is 6.70. The molecule has 0 unspecified atom stereocenters. The summed E-state index contributed by atoms with van der Waals surface area (Å²) in [6, 6.07) is 0.391. The standard InChI is InChI=1S/C12H25N3O4S/c1-4-13-10-6-8-11(9-7-10)15(3)20(17,18)14-12(16)19-5-2/h10-11,13H,4-9H2,1-3H3,(H,14,16). The van der Waals surface area contributed by atoms with Crippen molar-refractivity contribution in [3.8, 4) is 0 Å². The van der Waals surface area contributed by atoms with Crippen molar-refractivity contribution in [3.05, 3.63) is 0 Å². The van der Waals surface area contributed by atoms with E-state index in [1.807, 2.05) is 4.72 Å². The second-order valence-electron chi connectivity index (χ2n) is 4.91. The Bertz CT molecular complexity index is 405. The lowest BCUT2D eigenvalue weighted by Crippen LogP contribution is -2.48. The molecule has 1 amide bonds. The van der Waals surface area contributed by atoms with Gasteiger partial charge in [0.1, 0.15) is 0 Å². The molecule has 2 N–H and O–H groups in total. The van der Waals surface area contributed by atoms with Gasteiger partial charge in [-0.05, 0) is 39.2 Å². The topological polar surface area (TPSA) is 87.7 Å². The Morgan fingerprint density at radius 1 is 1.25 bits per heavy atom. The summed E-state index contributed by atoms with van der Waals surface area (Å²) in [5.41, 5.74) is 0. The number of nitrogens with zero attached hydrogens (tertiary/aromatic N) is 1. The fourth-order valence-electron chi connectivity index (χ4n) is 2.47. The third-order valence-corrected chi connectivity index (χ3v) is 5.05. The van der Waals surface area contributed by atoms with E-state index in [-0.39, 0.29) is 12.6 Å². The van der Waals surface area contributed by atoms with Crippen LogP contribution in [0.2, 0.25) is 0 Å². The van der Waals surface area contributed by atoms with Gasteiger partial charge in [-0.25, -0.2) is 9.52 Å². The van der Waals surface area contributed by atoms with E-state index < -0.39 is 16.3 Å². The van der Waals surface area contributed by atoms with E-state index in [1.165, 1.54) is 11.4 Å². The number of hydrogen-bond acceptors (Lipinski definition) is 5. The average molecular weight is 307 g/mol. The monoisotopic (exact) mass is 307 g/mol. The second kappa shape index (κ2) is 7.80. The van der Waals surface area contributed by atoms with Crippen LogP contribution in [0.3, 0.4) is 0 Å². The Morgan fingerprint density at radius 2 is 1.85 bits per heavy atom. The van der Waals surface area contributed by atoms with E-state index in [9.17, 15) is 13.2 Å². The third-order valence-electron chi connectivity index (χ3n) is 3.57. The minimum absolute atomic E-state index is 0.0724. The molecule has 0 spiro atoms. The lowest BCUT2D eigenvalue weighted by Gasteiger charge is -2.33. The van der Waals surface area contributed by atoms with Crippen LogP contribution in [0.15, 0.2) is 0 Å². The van der Waals surface area contributed by atoms with Gasteiger partial charge in [0.05, 0.1) is 6.61 Å². The highest BCUT2D eigenvalue weighted by Gasteiger charge is 2.31. The van der Waals surface area contributed by atoms with Crippen molar-refractivity contribution in [1.29, 1.82) is 0 Å². The van der Waals surface area contributed by atoms with Crippen molar-refractivity contribution >= 4 is 16.3 Å². The molecule has 1 aliphatic carbocycles. The van der Waals surface area contributed by atoms with E-state index in [0.717, 1.165) is 32.2 Å². The molecular formula is C12H25N3O4S. The van der Waals surface area contributed by atoms with E-state index in [1.54, 1.807) is 6.92 Å². The molecule has 1 aliphatic rings. The molecule has 0 heterocycles. The van der Waals surface area contributed by atoms with Gasteiger partial charge < -0.3 is 10.1 Å². The zero-order chi connectivity index (χ0) is 15.2. The Balaban J connectivity index is 2.53. The summed E-state index contributed by atoms with van der Waals surface area (Å²) < 4.78 is 31.8. The summed E-state index contributed by atoms with van der Waals surface area (Å²) in [4.78, 5) is 11.2. The largest absolute Gasteiger partial charge is 0.449 e. The van der Waals surface area contributed by atoms with E-state index in [0.29, 0.717) is 6.04 Å². The quantitative estimate of drug-likeness (QED) is 0.759. The molecule has 0 radical (unpaired) electrons. The van der Waals surface area contributed by atoms with Crippen molar-refractivity contribution in [2.75, 3.05) is 20.2 Å². The van der Waals surface area contributed by atoms with Crippen LogP contribution in [0.4, 0.5) is 4.79 Å². The molecule has 20 heavy (non-hydrogen) atoms. The summed E-state index contributed by atoms with van der Waals surface area (Å²) >= 11 is 0. The first-order chi connectivity index (χ1) is 9.40. The maximum Gasteiger partial charge on any atom is 0.421 e. The highest BCUT2D eigenvalue weighted by Crippen LogP contribution is 2.23. The van der Waals surface area contributed by atoms with Crippen LogP contribution in [0.5, 0.6) is 0 Å². The van der Waals surface area contributed by atoms with Crippen molar-refractivity contribution in [2.24, 2.45) is 0 Å². The molecule has 0 aromatic heterocycles. The number of nitrogens with one attached hydrogen (secondary N) is 2. The molecule has 1 saturated carbocycles. The summed E-state index contributed by atoms with van der Waals surface area (Å²) in [6.07, 6.45) is 2.53. The molecule has 1 fully saturated rings. The van der Waals surface area contributed by atoms with E-state index >= 15 is 0 Å². The molecule has 1 rings (SSSR count). The van der Waals surface area contributed by atoms with Crippen molar-refractivity contribution in [3.63, 3.8) is 0 Å². The van der Waals surface area contributed by atoms with Crippen LogP contribution in [0, 0.1) is 0 Å². The van der Waals surface area contributed by atoms with Gasteiger partial charge in [-0.3, -0.25) is 0 Å². The van der Waals surface area contributed by atoms with E-state index in [2.05, 4.69) is 17.0 Å². The lowest BCUT2D eigenvalue weighted by atomic mass is 9.91. The summed E-state index contributed by atoms with van der Waals surface area (Å²) in [5.74, 6) is 0. The normalized spacial score (nSPS) is 23.6. The summed E-state index contributed by atoms with van der Waals surface area (Å²) in [5, 5.41) is 3.37. The van der Waals surface area contributed by atoms with Crippen LogP contribution in [-0.2, 0) is 14.9 Å². The highest BCUT2D eigenvalue weighted by molar-refractivity contribution is 7.87. The molecule has 0 aromatic rings. The first-order valence-corrected chi connectivity index (χ1v) is 8.50. The van der Waals surface area contributed by atoms with Gasteiger partial charge in [0, 0.05) is 19.1 Å². The number of carbonyl (C=O) groups excluding carboxylic acids is 1. The van der Waals surface area contributed by atoms with Crippen LogP contribution in [0.1, 0.15) is 39.5 Å². The number of ether oxygens (including phenoxy) is 1. The number of rotatable bonds is 6. The number of carbonyl (C=O) groups is 1. The predicted molar refractivity (Wildman–Crippen MR) is 76.6 cm³/mol. The van der Waals surface area contributed by atoms with Gasteiger partial charge in [0.25, 0.3) is 0 Å². The summed E-state index contributed by atoms with van der Waals surface area (Å²) in [6.45, 7) is 4.75. The molecule has 0 saturated heterocycles. The minimum atomic E-state index is -3.82. The maximum atomic E-state index is 12.0. The van der Waals surface area contributed by atoms with Crippen molar-refractivity contribution in [2.45, 2.75) is 51.6 Å². The molecule has 0 bridgehead atoms. The summed E-state index contributed by atoms with van der Waals surface area (Å²) in [7, 11) is -2.32. The highest BCUT2D eigenvalue weighted by atomic mass is 32.2. The molecule has 0 aromatic carbocycles. The SMILES string of the molecule is CCNC1CCC(N(C)S(=O)(=O)NC(=O)OCC)CC1. The van der Waals surface area contributed by atoms with Crippen molar-refractivity contribution < 1.29 is 17.9 Å². The molecule has 7 nitrogen and oxygen atoms in total. The lowest BCUT2D eigenvalue weighted by molar-refractivity contribution is 0.157. The van der Waals surface area contributed by atoms with Gasteiger partial charge in [-0.1, -0.05) is 6.92 Å². The fourth-order valence-corrected chi connectivity index (χ4v) is 3.48. The van der Waals surface area contributed by atoms with Gasteiger partial charge in [0.15, 0.2) is 0 Å². The number of hydrogen-bond donors (Lipinski definition) is 2. The fraction of sp³-hybridized carbons (Fsp3) is 0.917. The third kappa shape index (κ3) is 4.92. The molecule has 0 atom stereocenters. The Morgan fingerprint density at radius 3 is 2.35 bits per heavy atom. The minimum Gasteiger partial charge on any atom is -0.449 e. The number of amides is 1. The van der Waals surface area contributed by atoms with Crippen LogP contribution in [0.25, 0.3) is 0 Å². The Hall–Kier alpha value is -0.860. The smallest absolute Gasteiger partial charge is 0.421 e. The van der Waals surface area contributed by atoms with E-state index in [4.69, 9.17) is 0 Å². The van der Waals surface area contributed by atoms with Gasteiger partial charge in [-0.2, -0.15) is 12.7 Å². The van der Waals surface area contributed by atoms with Crippen LogP contribution >= 0.6 is 0 Å². The molecule has 0 aliphatic heterocycles. The van der Waals surface area contributed by atoms with Gasteiger partial charge in [-0.15, -0.1) is 0 Å². The molecule has 8 heteroatoms. The first-order valence-electron chi connectivity index (χ1n) is 7.06. The van der Waals surface area contributed by atoms with Gasteiger partial charge in [0.2, 0.25) is 0 Å². The molecule has 118 valence electrons. The zero-order valence-corrected chi connectivity index (χ0v) is 13.2. The predicted octanol–water partition coefficient (Wildman–Crippen LogP) is 0.830. The first kappa shape index (κ1) is 17.2. The van der Waals surface area contributed by atoms with Crippen molar-refractivity contribution in [1.82, 2.24) is 14.3 Å². The second-order valence-corrected chi connectivity index (χ2v) is 6.64. The van der Waals surface area contributed by atoms with Crippen LogP contribution in [-0.4, -0.2) is 51.1 Å². The maximum absolute atomic E-state index is 12.0. The molecular weight excluding hydrogens is 282 g/mol. The van der Waals surface area contributed by atoms with Crippen LogP contribution < -0.4 is 10.0 Å². The zero-order valence-electron chi connectivity index (χ0n) is 12.4. The van der Waals surface area contributed by atoms with Gasteiger partial charge >= 0.3 is 16.3 Å². The Labute approximate surface area is 121 Å². The average Bonchev–Trinajstić information content (AvgIpc) is 2.39.